The first kappa shape index (κ1) is 20.8. The van der Waals surface area contributed by atoms with Crippen molar-refractivity contribution in [3.8, 4) is 0 Å². The van der Waals surface area contributed by atoms with Gasteiger partial charge in [0, 0.05) is 0 Å². The van der Waals surface area contributed by atoms with E-state index >= 15 is 0 Å². The van der Waals surface area contributed by atoms with Gasteiger partial charge in [-0.1, -0.05) is 92.2 Å². The Morgan fingerprint density at radius 1 is 1.04 bits per heavy atom. The van der Waals surface area contributed by atoms with Gasteiger partial charge >= 0.3 is 0 Å². The van der Waals surface area contributed by atoms with Gasteiger partial charge in [0.05, 0.1) is 0 Å². The Balaban J connectivity index is 2.67. The average Bonchev–Trinajstić information content (AvgIpc) is 3.17. The Labute approximate surface area is 147 Å². The smallest absolute Gasteiger partial charge is 0.0146 e. The molecule has 0 saturated heterocycles. The lowest BCUT2D eigenvalue weighted by Gasteiger charge is -2.37. The summed E-state index contributed by atoms with van der Waals surface area (Å²) in [5, 5.41) is 0. The van der Waals surface area contributed by atoms with Crippen LogP contribution in [0.25, 0.3) is 0 Å². The van der Waals surface area contributed by atoms with Gasteiger partial charge in [0.15, 0.2) is 0 Å². The molecule has 1 aliphatic carbocycles. The van der Waals surface area contributed by atoms with Crippen LogP contribution in [0.15, 0.2) is 12.2 Å². The van der Waals surface area contributed by atoms with Crippen molar-refractivity contribution in [3.63, 3.8) is 0 Å². The number of rotatable bonds is 12. The van der Waals surface area contributed by atoms with E-state index in [2.05, 4.69) is 55.0 Å². The van der Waals surface area contributed by atoms with Crippen LogP contribution >= 0.6 is 0 Å². The van der Waals surface area contributed by atoms with Crippen molar-refractivity contribution < 1.29 is 0 Å². The van der Waals surface area contributed by atoms with Gasteiger partial charge in [-0.15, -0.1) is 0 Å². The van der Waals surface area contributed by atoms with Crippen LogP contribution in [-0.2, 0) is 0 Å². The summed E-state index contributed by atoms with van der Waals surface area (Å²) in [7, 11) is 0. The summed E-state index contributed by atoms with van der Waals surface area (Å²) < 4.78 is 0. The van der Waals surface area contributed by atoms with Crippen LogP contribution in [0.5, 0.6) is 0 Å². The second-order valence-electron chi connectivity index (χ2n) is 9.27. The summed E-state index contributed by atoms with van der Waals surface area (Å²) in [6, 6.07) is 0. The Morgan fingerprint density at radius 2 is 1.70 bits per heavy atom. The fourth-order valence-electron chi connectivity index (χ4n) is 5.28. The van der Waals surface area contributed by atoms with Crippen molar-refractivity contribution in [2.75, 3.05) is 0 Å². The molecule has 0 heterocycles. The topological polar surface area (TPSA) is 0 Å². The molecule has 1 rings (SSSR count). The first-order valence-corrected chi connectivity index (χ1v) is 10.4. The number of unbranched alkanes of at least 4 members (excludes halogenated alkanes) is 1. The lowest BCUT2D eigenvalue weighted by molar-refractivity contribution is 0.134. The molecule has 0 aromatic rings. The normalized spacial score (nSPS) is 26.8. The third kappa shape index (κ3) is 5.95. The minimum atomic E-state index is 0.490. The molecule has 0 aromatic carbocycles. The molecule has 0 N–H and O–H groups in total. The van der Waals surface area contributed by atoms with Crippen molar-refractivity contribution in [3.05, 3.63) is 12.2 Å². The van der Waals surface area contributed by atoms with Gasteiger partial charge in [0.1, 0.15) is 0 Å². The van der Waals surface area contributed by atoms with Gasteiger partial charge in [0.2, 0.25) is 0 Å². The molecular weight excluding hydrogens is 276 g/mol. The van der Waals surface area contributed by atoms with Gasteiger partial charge in [-0.2, -0.15) is 0 Å². The van der Waals surface area contributed by atoms with Gasteiger partial charge in [-0.05, 0) is 54.8 Å². The monoisotopic (exact) mass is 320 g/mol. The predicted molar refractivity (Wildman–Crippen MR) is 106 cm³/mol. The highest BCUT2D eigenvalue weighted by Crippen LogP contribution is 2.57. The molecule has 0 bridgehead atoms. The molecule has 0 radical (unpaired) electrons. The fourth-order valence-corrected chi connectivity index (χ4v) is 5.28. The molecule has 0 nitrogen and oxygen atoms in total. The second-order valence-corrected chi connectivity index (χ2v) is 9.27. The lowest BCUT2D eigenvalue weighted by atomic mass is 9.68. The third-order valence-corrected chi connectivity index (χ3v) is 6.60. The van der Waals surface area contributed by atoms with E-state index in [9.17, 15) is 0 Å². The summed E-state index contributed by atoms with van der Waals surface area (Å²) >= 11 is 0. The molecule has 0 spiro atoms. The minimum absolute atomic E-state index is 0.490. The highest BCUT2D eigenvalue weighted by atomic mass is 14.5. The van der Waals surface area contributed by atoms with Crippen LogP contribution in [0.4, 0.5) is 0 Å². The summed E-state index contributed by atoms with van der Waals surface area (Å²) in [6.07, 6.45) is 11.1. The number of hydrogen-bond donors (Lipinski definition) is 0. The maximum Gasteiger partial charge on any atom is -0.0146 e. The highest BCUT2D eigenvalue weighted by molar-refractivity contribution is 5.14. The molecule has 1 fully saturated rings. The summed E-state index contributed by atoms with van der Waals surface area (Å²) in [4.78, 5) is 0. The van der Waals surface area contributed by atoms with Crippen molar-refractivity contribution in [2.24, 2.45) is 35.0 Å². The van der Waals surface area contributed by atoms with Gasteiger partial charge in [-0.3, -0.25) is 0 Å². The summed E-state index contributed by atoms with van der Waals surface area (Å²) in [5.74, 6) is 4.45. The molecule has 0 aliphatic heterocycles. The van der Waals surface area contributed by atoms with E-state index in [0.717, 1.165) is 29.6 Å². The van der Waals surface area contributed by atoms with Crippen LogP contribution in [0, 0.1) is 35.0 Å². The van der Waals surface area contributed by atoms with E-state index in [1.807, 2.05) is 0 Å². The zero-order valence-electron chi connectivity index (χ0n) is 17.3. The van der Waals surface area contributed by atoms with Crippen LogP contribution in [0.2, 0.25) is 0 Å². The van der Waals surface area contributed by atoms with Crippen LogP contribution in [-0.4, -0.2) is 0 Å². The molecule has 1 saturated carbocycles. The second kappa shape index (κ2) is 9.28. The Morgan fingerprint density at radius 3 is 2.13 bits per heavy atom. The predicted octanol–water partition coefficient (Wildman–Crippen LogP) is 7.88. The summed E-state index contributed by atoms with van der Waals surface area (Å²) in [5.41, 5.74) is 1.93. The van der Waals surface area contributed by atoms with E-state index in [0.29, 0.717) is 5.41 Å². The Hall–Kier alpha value is -0.260. The van der Waals surface area contributed by atoms with E-state index in [-0.39, 0.29) is 0 Å². The first-order valence-electron chi connectivity index (χ1n) is 10.4. The third-order valence-electron chi connectivity index (χ3n) is 6.60. The standard InChI is InChI=1S/C23H44/c1-9-12-14-18(6)16-23(7,8)19(13-10-2)15-21-20(11-3)22(21)17(4)5/h18-22H,4,9-16H2,1-3,5-8H3. The summed E-state index contributed by atoms with van der Waals surface area (Å²) in [6.45, 7) is 21.1. The van der Waals surface area contributed by atoms with E-state index in [1.54, 1.807) is 0 Å². The first-order chi connectivity index (χ1) is 10.8. The largest absolute Gasteiger partial charge is 0.0998 e. The maximum absolute atomic E-state index is 4.26. The highest BCUT2D eigenvalue weighted by Gasteiger charge is 2.50. The average molecular weight is 321 g/mol. The van der Waals surface area contributed by atoms with Gasteiger partial charge < -0.3 is 0 Å². The number of hydrogen-bond acceptors (Lipinski definition) is 0. The molecular formula is C23H44. The zero-order valence-corrected chi connectivity index (χ0v) is 17.3. The van der Waals surface area contributed by atoms with E-state index in [1.165, 1.54) is 56.9 Å². The SMILES string of the molecule is C=C(C)C1C(CC)C1CC(CCC)C(C)(C)CC(C)CCCC. The molecule has 0 heteroatoms. The molecule has 136 valence electrons. The molecule has 23 heavy (non-hydrogen) atoms. The lowest BCUT2D eigenvalue weighted by Crippen LogP contribution is -2.27. The van der Waals surface area contributed by atoms with Crippen molar-refractivity contribution in [1.29, 1.82) is 0 Å². The number of allylic oxidation sites excluding steroid dienone is 1. The van der Waals surface area contributed by atoms with Gasteiger partial charge in [0.25, 0.3) is 0 Å². The van der Waals surface area contributed by atoms with Crippen LogP contribution < -0.4 is 0 Å². The minimum Gasteiger partial charge on any atom is -0.0998 e. The molecule has 5 unspecified atom stereocenters. The fraction of sp³-hybridized carbons (Fsp3) is 0.913. The van der Waals surface area contributed by atoms with Crippen LogP contribution in [0.1, 0.15) is 99.8 Å². The Kier molecular flexibility index (Phi) is 8.39. The van der Waals surface area contributed by atoms with Crippen molar-refractivity contribution in [1.82, 2.24) is 0 Å². The van der Waals surface area contributed by atoms with Gasteiger partial charge in [-0.25, -0.2) is 0 Å². The van der Waals surface area contributed by atoms with Crippen molar-refractivity contribution in [2.45, 2.75) is 99.8 Å². The molecule has 0 amide bonds. The zero-order chi connectivity index (χ0) is 17.6. The Bertz CT molecular complexity index is 351. The van der Waals surface area contributed by atoms with E-state index < -0.39 is 0 Å². The van der Waals surface area contributed by atoms with E-state index in [4.69, 9.17) is 0 Å². The molecule has 1 aliphatic rings. The quantitative estimate of drug-likeness (QED) is 0.321. The molecule has 5 atom stereocenters. The maximum atomic E-state index is 4.26. The van der Waals surface area contributed by atoms with Crippen molar-refractivity contribution >= 4 is 0 Å². The molecule has 0 aromatic heterocycles. The van der Waals surface area contributed by atoms with Crippen LogP contribution in [0.3, 0.4) is 0 Å².